The van der Waals surface area contributed by atoms with E-state index in [-0.39, 0.29) is 41.7 Å². The molecule has 5 aliphatic rings. The number of cyclic esters (lactones) is 1. The van der Waals surface area contributed by atoms with Crippen LogP contribution in [0.4, 0.5) is 0 Å². The molecule has 0 saturated heterocycles. The lowest BCUT2D eigenvalue weighted by molar-refractivity contribution is -0.150. The van der Waals surface area contributed by atoms with E-state index in [1.54, 1.807) is 12.2 Å². The van der Waals surface area contributed by atoms with Gasteiger partial charge >= 0.3 is 17.9 Å². The molecule has 8 atom stereocenters. The third-order valence-corrected chi connectivity index (χ3v) is 10.6. The third-order valence-electron chi connectivity index (χ3n) is 10.6. The molecule has 1 aliphatic heterocycles. The van der Waals surface area contributed by atoms with Crippen molar-refractivity contribution >= 4 is 23.7 Å². The summed E-state index contributed by atoms with van der Waals surface area (Å²) in [5.74, 6) is -0.0654. The zero-order valence-electron chi connectivity index (χ0n) is 23.9. The molecule has 0 radical (unpaired) electrons. The lowest BCUT2D eigenvalue weighted by Crippen LogP contribution is -2.54. The van der Waals surface area contributed by atoms with E-state index < -0.39 is 23.5 Å². The molecule has 1 fully saturated rings. The molecule has 0 N–H and O–H groups in total. The van der Waals surface area contributed by atoms with E-state index in [0.29, 0.717) is 23.8 Å². The van der Waals surface area contributed by atoms with Gasteiger partial charge in [0, 0.05) is 26.2 Å². The highest BCUT2D eigenvalue weighted by molar-refractivity contribution is 5.99. The summed E-state index contributed by atoms with van der Waals surface area (Å²) in [4.78, 5) is 49.2. The fourth-order valence-electron chi connectivity index (χ4n) is 8.48. The Labute approximate surface area is 230 Å². The number of hydrogen-bond acceptors (Lipinski definition) is 7. The van der Waals surface area contributed by atoms with E-state index in [4.69, 9.17) is 14.2 Å². The highest BCUT2D eigenvalue weighted by Crippen LogP contribution is 2.65. The molecule has 0 aromatic heterocycles. The van der Waals surface area contributed by atoms with Crippen LogP contribution in [-0.4, -0.2) is 42.5 Å². The van der Waals surface area contributed by atoms with Crippen molar-refractivity contribution in [1.82, 2.24) is 0 Å². The van der Waals surface area contributed by atoms with Gasteiger partial charge in [-0.05, 0) is 80.4 Å². The standard InChI is InChI=1S/C32H40O7/c1-17-15-28(39-30(36)22(17)16-37-19(3)33)18(2)23-9-10-24-21-7-8-26-27(38-20(4)34)11-12-29(35)32(26,6)25(21)13-14-31(23,24)5/h8-9,11-12,18,21,24-25,27-28H,7,10,13-16H2,1-6H3/t18-,21-,24-,25-,27-,28+,31+,32+/m0/s1. The number of fused-ring (bicyclic) bond motifs is 5. The maximum Gasteiger partial charge on any atom is 0.337 e. The second-order valence-corrected chi connectivity index (χ2v) is 12.6. The Balaban J connectivity index is 1.36. The van der Waals surface area contributed by atoms with Crippen molar-refractivity contribution < 1.29 is 33.4 Å². The van der Waals surface area contributed by atoms with Gasteiger partial charge in [0.2, 0.25) is 0 Å². The summed E-state index contributed by atoms with van der Waals surface area (Å²) in [6, 6.07) is 0. The topological polar surface area (TPSA) is 96.0 Å². The Morgan fingerprint density at radius 2 is 1.85 bits per heavy atom. The fraction of sp³-hybridized carbons (Fsp3) is 0.625. The molecule has 1 saturated carbocycles. The van der Waals surface area contributed by atoms with E-state index in [9.17, 15) is 19.2 Å². The van der Waals surface area contributed by atoms with Gasteiger partial charge in [0.15, 0.2) is 5.78 Å². The van der Waals surface area contributed by atoms with Gasteiger partial charge in [0.05, 0.1) is 11.0 Å². The number of allylic oxidation sites excluding steroid dienone is 3. The summed E-state index contributed by atoms with van der Waals surface area (Å²) in [6.45, 7) is 11.2. The molecular weight excluding hydrogens is 496 g/mol. The van der Waals surface area contributed by atoms with Gasteiger partial charge in [-0.15, -0.1) is 0 Å². The van der Waals surface area contributed by atoms with Crippen molar-refractivity contribution in [3.63, 3.8) is 0 Å². The molecule has 0 aromatic rings. The Bertz CT molecular complexity index is 1230. The largest absolute Gasteiger partial charge is 0.461 e. The minimum Gasteiger partial charge on any atom is -0.461 e. The SMILES string of the molecule is CC(=O)OCC1=C(C)C[C@H]([C@@H](C)C2=CC[C@H]3[C@@H]4CC=C5[C@@H](OC(C)=O)C=CC(=O)[C@]5(C)[C@H]4CC[C@]23C)OC1=O. The predicted molar refractivity (Wildman–Crippen MR) is 144 cm³/mol. The number of hydrogen-bond donors (Lipinski definition) is 0. The maximum atomic E-state index is 13.4. The minimum atomic E-state index is -0.660. The van der Waals surface area contributed by atoms with E-state index in [1.807, 2.05) is 6.92 Å². The van der Waals surface area contributed by atoms with Crippen molar-refractivity contribution in [2.24, 2.45) is 34.5 Å². The number of esters is 3. The Morgan fingerprint density at radius 1 is 1.10 bits per heavy atom. The number of rotatable bonds is 5. The zero-order chi connectivity index (χ0) is 28.3. The average molecular weight is 537 g/mol. The Morgan fingerprint density at radius 3 is 2.51 bits per heavy atom. The zero-order valence-corrected chi connectivity index (χ0v) is 23.9. The average Bonchev–Trinajstić information content (AvgIpc) is 3.22. The monoisotopic (exact) mass is 536 g/mol. The molecule has 4 aliphatic carbocycles. The van der Waals surface area contributed by atoms with Crippen molar-refractivity contribution in [2.45, 2.75) is 85.9 Å². The molecule has 7 nitrogen and oxygen atoms in total. The van der Waals surface area contributed by atoms with E-state index in [2.05, 4.69) is 32.9 Å². The molecule has 1 heterocycles. The molecule has 5 rings (SSSR count). The molecule has 0 aromatic carbocycles. The second kappa shape index (κ2) is 9.90. The van der Waals surface area contributed by atoms with Gasteiger partial charge in [0.1, 0.15) is 18.8 Å². The fourth-order valence-corrected chi connectivity index (χ4v) is 8.48. The van der Waals surface area contributed by atoms with Crippen molar-refractivity contribution in [3.05, 3.63) is 46.6 Å². The maximum absolute atomic E-state index is 13.4. The van der Waals surface area contributed by atoms with E-state index >= 15 is 0 Å². The van der Waals surface area contributed by atoms with Crippen LogP contribution < -0.4 is 0 Å². The van der Waals surface area contributed by atoms with E-state index in [1.165, 1.54) is 19.4 Å². The van der Waals surface area contributed by atoms with Crippen LogP contribution in [0, 0.1) is 34.5 Å². The first-order valence-corrected chi connectivity index (χ1v) is 14.2. The van der Waals surface area contributed by atoms with Crippen LogP contribution in [0.3, 0.4) is 0 Å². The summed E-state index contributed by atoms with van der Waals surface area (Å²) >= 11 is 0. The summed E-state index contributed by atoms with van der Waals surface area (Å²) in [7, 11) is 0. The van der Waals surface area contributed by atoms with Gasteiger partial charge in [-0.3, -0.25) is 14.4 Å². The molecule has 0 bridgehead atoms. The first-order chi connectivity index (χ1) is 18.4. The highest BCUT2D eigenvalue weighted by atomic mass is 16.6. The van der Waals surface area contributed by atoms with Gasteiger partial charge in [0.25, 0.3) is 0 Å². The third kappa shape index (κ3) is 4.42. The summed E-state index contributed by atoms with van der Waals surface area (Å²) < 4.78 is 16.6. The van der Waals surface area contributed by atoms with Crippen molar-refractivity contribution in [2.75, 3.05) is 6.61 Å². The van der Waals surface area contributed by atoms with Crippen LogP contribution in [0.5, 0.6) is 0 Å². The molecule has 39 heavy (non-hydrogen) atoms. The number of ether oxygens (including phenoxy) is 3. The van der Waals surface area contributed by atoms with Crippen LogP contribution in [0.2, 0.25) is 0 Å². The molecule has 210 valence electrons. The summed E-state index contributed by atoms with van der Waals surface area (Å²) in [5.41, 5.74) is 2.95. The van der Waals surface area contributed by atoms with Crippen molar-refractivity contribution in [1.29, 1.82) is 0 Å². The van der Waals surface area contributed by atoms with Crippen LogP contribution in [0.25, 0.3) is 0 Å². The lowest BCUT2D eigenvalue weighted by atomic mass is 9.47. The number of carbonyl (C=O) groups excluding carboxylic acids is 4. The second-order valence-electron chi connectivity index (χ2n) is 12.6. The Hall–Kier alpha value is -2.96. The van der Waals surface area contributed by atoms with Crippen LogP contribution in [-0.2, 0) is 33.4 Å². The van der Waals surface area contributed by atoms with E-state index in [0.717, 1.165) is 36.8 Å². The summed E-state index contributed by atoms with van der Waals surface area (Å²) in [6.07, 6.45) is 11.4. The van der Waals surface area contributed by atoms with Crippen LogP contribution in [0.15, 0.2) is 46.6 Å². The molecular formula is C32H40O7. The van der Waals surface area contributed by atoms with Gasteiger partial charge in [-0.1, -0.05) is 37.1 Å². The summed E-state index contributed by atoms with van der Waals surface area (Å²) in [5, 5.41) is 0. The Kier molecular flexibility index (Phi) is 7.01. The first kappa shape index (κ1) is 27.6. The normalized spacial score (nSPS) is 38.1. The molecule has 0 amide bonds. The van der Waals surface area contributed by atoms with Crippen LogP contribution >= 0.6 is 0 Å². The van der Waals surface area contributed by atoms with Gasteiger partial charge in [-0.2, -0.15) is 0 Å². The smallest absolute Gasteiger partial charge is 0.337 e. The van der Waals surface area contributed by atoms with Gasteiger partial charge in [-0.25, -0.2) is 4.79 Å². The minimum absolute atomic E-state index is 0.0346. The van der Waals surface area contributed by atoms with Crippen molar-refractivity contribution in [3.8, 4) is 0 Å². The number of carbonyl (C=O) groups is 4. The van der Waals surface area contributed by atoms with Gasteiger partial charge < -0.3 is 14.2 Å². The molecule has 0 unspecified atom stereocenters. The number of ketones is 1. The first-order valence-electron chi connectivity index (χ1n) is 14.2. The quantitative estimate of drug-likeness (QED) is 0.271. The molecule has 7 heteroatoms. The molecule has 0 spiro atoms. The van der Waals surface area contributed by atoms with Crippen LogP contribution in [0.1, 0.15) is 73.6 Å². The highest BCUT2D eigenvalue weighted by Gasteiger charge is 2.60. The predicted octanol–water partition coefficient (Wildman–Crippen LogP) is 5.20. The lowest BCUT2D eigenvalue weighted by Gasteiger charge is -2.56.